The van der Waals surface area contributed by atoms with Gasteiger partial charge in [-0.1, -0.05) is 16.8 Å². The van der Waals surface area contributed by atoms with Gasteiger partial charge in [0.2, 0.25) is 0 Å². The minimum atomic E-state index is -0.468. The number of aromatic nitrogens is 1. The number of nitrogens with zero attached hydrogens (tertiary/aromatic N) is 2. The lowest BCUT2D eigenvalue weighted by molar-refractivity contribution is -0.384. The van der Waals surface area contributed by atoms with E-state index in [0.717, 1.165) is 0 Å². The van der Waals surface area contributed by atoms with E-state index in [2.05, 4.69) is 10.5 Å². The van der Waals surface area contributed by atoms with Gasteiger partial charge in [-0.25, -0.2) is 0 Å². The second-order valence-corrected chi connectivity index (χ2v) is 6.48. The molecule has 0 unspecified atom stereocenters. The summed E-state index contributed by atoms with van der Waals surface area (Å²) < 4.78 is 5.71. The Kier molecular flexibility index (Phi) is 4.59. The summed E-state index contributed by atoms with van der Waals surface area (Å²) in [6, 6.07) is 10.9. The Labute approximate surface area is 145 Å². The van der Waals surface area contributed by atoms with E-state index in [0.29, 0.717) is 26.2 Å². The number of amides is 1. The van der Waals surface area contributed by atoms with E-state index >= 15 is 0 Å². The number of halogens is 1. The van der Waals surface area contributed by atoms with Crippen molar-refractivity contribution in [3.63, 3.8) is 0 Å². The minimum absolute atomic E-state index is 0.00402. The highest BCUT2D eigenvalue weighted by Crippen LogP contribution is 2.23. The molecule has 0 aliphatic carbocycles. The molecule has 0 aliphatic heterocycles. The summed E-state index contributed by atoms with van der Waals surface area (Å²) in [5.74, 6) is 0.222. The van der Waals surface area contributed by atoms with Crippen molar-refractivity contribution in [3.05, 3.63) is 67.6 Å². The lowest BCUT2D eigenvalue weighted by Gasteiger charge is -1.99. The molecule has 3 rings (SSSR count). The highest BCUT2D eigenvalue weighted by molar-refractivity contribution is 7.17. The first kappa shape index (κ1) is 16.2. The summed E-state index contributed by atoms with van der Waals surface area (Å²) in [5, 5.41) is 17.3. The third-order valence-corrected chi connectivity index (χ3v) is 4.38. The molecule has 122 valence electrons. The molecular weight excluding hydrogens is 354 g/mol. The highest BCUT2D eigenvalue weighted by atomic mass is 35.5. The lowest BCUT2D eigenvalue weighted by Crippen LogP contribution is -2.21. The Hall–Kier alpha value is -2.71. The number of benzene rings is 1. The molecule has 0 fully saturated rings. The predicted octanol–water partition coefficient (Wildman–Crippen LogP) is 3.89. The van der Waals surface area contributed by atoms with Crippen LogP contribution in [0.4, 0.5) is 5.69 Å². The fraction of sp³-hybridized carbons (Fsp3) is 0.0667. The van der Waals surface area contributed by atoms with Crippen LogP contribution in [0.5, 0.6) is 0 Å². The van der Waals surface area contributed by atoms with Crippen LogP contribution in [0.2, 0.25) is 4.34 Å². The summed E-state index contributed by atoms with van der Waals surface area (Å²) >= 11 is 6.98. The van der Waals surface area contributed by atoms with Crippen LogP contribution in [0, 0.1) is 10.1 Å². The maximum absolute atomic E-state index is 11.9. The molecule has 0 aliphatic rings. The molecule has 0 radical (unpaired) electrons. The van der Waals surface area contributed by atoms with Gasteiger partial charge in [0, 0.05) is 23.8 Å². The van der Waals surface area contributed by atoms with Crippen LogP contribution in [0.1, 0.15) is 15.4 Å². The Balaban J connectivity index is 1.65. The van der Waals surface area contributed by atoms with Gasteiger partial charge in [0.25, 0.3) is 11.6 Å². The van der Waals surface area contributed by atoms with Crippen LogP contribution < -0.4 is 5.32 Å². The van der Waals surface area contributed by atoms with Gasteiger partial charge in [0.15, 0.2) is 5.76 Å². The Bertz CT molecular complexity index is 888. The normalized spacial score (nSPS) is 10.5. The standard InChI is InChI=1S/C15H10ClN3O4S/c16-14-6-5-13(24-14)15(20)17-8-11-7-12(18-23-11)9-1-3-10(4-2-9)19(21)22/h1-7H,8H2,(H,17,20). The maximum atomic E-state index is 11.9. The number of non-ortho nitro benzene ring substituents is 1. The van der Waals surface area contributed by atoms with Crippen molar-refractivity contribution >= 4 is 34.5 Å². The summed E-state index contributed by atoms with van der Waals surface area (Å²) in [4.78, 5) is 22.6. The van der Waals surface area contributed by atoms with E-state index in [1.165, 1.54) is 23.5 Å². The largest absolute Gasteiger partial charge is 0.359 e. The molecule has 9 heteroatoms. The average molecular weight is 364 g/mol. The fourth-order valence-electron chi connectivity index (χ4n) is 1.98. The SMILES string of the molecule is O=C(NCc1cc(-c2ccc([N+](=O)[O-])cc2)no1)c1ccc(Cl)s1. The topological polar surface area (TPSA) is 98.3 Å². The van der Waals surface area contributed by atoms with Gasteiger partial charge in [0.05, 0.1) is 20.7 Å². The molecular formula is C15H10ClN3O4S. The second kappa shape index (κ2) is 6.81. The Morgan fingerprint density at radius 2 is 2.04 bits per heavy atom. The van der Waals surface area contributed by atoms with Crippen LogP contribution in [0.3, 0.4) is 0 Å². The smallest absolute Gasteiger partial charge is 0.269 e. The molecule has 24 heavy (non-hydrogen) atoms. The second-order valence-electron chi connectivity index (χ2n) is 4.77. The number of hydrogen-bond acceptors (Lipinski definition) is 6. The van der Waals surface area contributed by atoms with Crippen molar-refractivity contribution in [2.75, 3.05) is 0 Å². The number of carbonyl (C=O) groups excluding carboxylic acids is 1. The first-order valence-electron chi connectivity index (χ1n) is 6.77. The van der Waals surface area contributed by atoms with E-state index in [-0.39, 0.29) is 18.1 Å². The average Bonchev–Trinajstić information content (AvgIpc) is 3.22. The van der Waals surface area contributed by atoms with Crippen molar-refractivity contribution in [1.82, 2.24) is 10.5 Å². The zero-order chi connectivity index (χ0) is 17.1. The quantitative estimate of drug-likeness (QED) is 0.547. The van der Waals surface area contributed by atoms with Crippen LogP contribution >= 0.6 is 22.9 Å². The summed E-state index contributed by atoms with van der Waals surface area (Å²) in [6.45, 7) is 0.175. The summed E-state index contributed by atoms with van der Waals surface area (Å²) in [7, 11) is 0. The molecule has 0 saturated carbocycles. The van der Waals surface area contributed by atoms with Gasteiger partial charge in [-0.3, -0.25) is 14.9 Å². The van der Waals surface area contributed by atoms with Crippen molar-refractivity contribution in [2.45, 2.75) is 6.54 Å². The van der Waals surface area contributed by atoms with Gasteiger partial charge >= 0.3 is 0 Å². The fourth-order valence-corrected chi connectivity index (χ4v) is 2.94. The molecule has 2 aromatic heterocycles. The van der Waals surface area contributed by atoms with Crippen LogP contribution in [-0.4, -0.2) is 16.0 Å². The minimum Gasteiger partial charge on any atom is -0.359 e. The number of hydrogen-bond donors (Lipinski definition) is 1. The number of rotatable bonds is 5. The molecule has 0 atom stereocenters. The summed E-state index contributed by atoms with van der Waals surface area (Å²) in [5.41, 5.74) is 1.23. The van der Waals surface area contributed by atoms with E-state index in [1.807, 2.05) is 0 Å². The first-order chi connectivity index (χ1) is 11.5. The van der Waals surface area contributed by atoms with E-state index in [1.54, 1.807) is 30.3 Å². The molecule has 0 saturated heterocycles. The molecule has 7 nitrogen and oxygen atoms in total. The van der Waals surface area contributed by atoms with Gasteiger partial charge in [-0.05, 0) is 24.3 Å². The number of nitro benzene ring substituents is 1. The molecule has 1 aromatic carbocycles. The lowest BCUT2D eigenvalue weighted by atomic mass is 10.1. The monoisotopic (exact) mass is 363 g/mol. The van der Waals surface area contributed by atoms with E-state index in [9.17, 15) is 14.9 Å². The zero-order valence-electron chi connectivity index (χ0n) is 12.1. The molecule has 1 amide bonds. The number of nitrogens with one attached hydrogen (secondary N) is 1. The van der Waals surface area contributed by atoms with Crippen molar-refractivity contribution < 1.29 is 14.2 Å². The number of nitro groups is 1. The Morgan fingerprint density at radius 3 is 2.67 bits per heavy atom. The maximum Gasteiger partial charge on any atom is 0.269 e. The number of carbonyl (C=O) groups is 1. The molecule has 1 N–H and O–H groups in total. The zero-order valence-corrected chi connectivity index (χ0v) is 13.6. The third kappa shape index (κ3) is 3.61. The van der Waals surface area contributed by atoms with Gasteiger partial charge < -0.3 is 9.84 Å². The predicted molar refractivity (Wildman–Crippen MR) is 89.1 cm³/mol. The van der Waals surface area contributed by atoms with E-state index in [4.69, 9.17) is 16.1 Å². The van der Waals surface area contributed by atoms with Crippen molar-refractivity contribution in [1.29, 1.82) is 0 Å². The van der Waals surface area contributed by atoms with Gasteiger partial charge in [0.1, 0.15) is 5.69 Å². The van der Waals surface area contributed by atoms with Crippen molar-refractivity contribution in [3.8, 4) is 11.3 Å². The number of thiophene rings is 1. The molecule has 0 spiro atoms. The third-order valence-electron chi connectivity index (χ3n) is 3.15. The van der Waals surface area contributed by atoms with Gasteiger partial charge in [-0.2, -0.15) is 0 Å². The first-order valence-corrected chi connectivity index (χ1v) is 7.96. The molecule has 3 aromatic rings. The summed E-state index contributed by atoms with van der Waals surface area (Å²) in [6.07, 6.45) is 0. The molecule has 2 heterocycles. The van der Waals surface area contributed by atoms with Crippen LogP contribution in [-0.2, 0) is 6.54 Å². The van der Waals surface area contributed by atoms with E-state index < -0.39 is 4.92 Å². The highest BCUT2D eigenvalue weighted by Gasteiger charge is 2.12. The van der Waals surface area contributed by atoms with Crippen LogP contribution in [0.25, 0.3) is 11.3 Å². The molecule has 0 bridgehead atoms. The van der Waals surface area contributed by atoms with Gasteiger partial charge in [-0.15, -0.1) is 11.3 Å². The Morgan fingerprint density at radius 1 is 1.29 bits per heavy atom. The van der Waals surface area contributed by atoms with Crippen molar-refractivity contribution in [2.24, 2.45) is 0 Å². The van der Waals surface area contributed by atoms with Crippen LogP contribution in [0.15, 0.2) is 47.0 Å².